The maximum Gasteiger partial charge on any atom is 0.161 e. The molecule has 0 bridgehead atoms. The number of ether oxygens (including phenoxy) is 2. The quantitative estimate of drug-likeness (QED) is 0.507. The minimum Gasteiger partial charge on any atom is -0.493 e. The third-order valence-corrected chi connectivity index (χ3v) is 4.38. The standard InChI is InChI=1S/C21H18N2O2/c1-13-6-8-14(9-7-13)20-15-11-18(24-2)19(25-3)12-16(15)21-17(23-20)5-4-10-22-21/h4-12H,1-3H3. The van der Waals surface area contributed by atoms with E-state index in [1.807, 2.05) is 24.3 Å². The third kappa shape index (κ3) is 2.56. The number of nitrogens with zero attached hydrogens (tertiary/aromatic N) is 2. The van der Waals surface area contributed by atoms with Crippen molar-refractivity contribution in [3.63, 3.8) is 0 Å². The zero-order valence-corrected chi connectivity index (χ0v) is 14.4. The predicted molar refractivity (Wildman–Crippen MR) is 100 cm³/mol. The van der Waals surface area contributed by atoms with E-state index in [-0.39, 0.29) is 0 Å². The summed E-state index contributed by atoms with van der Waals surface area (Å²) in [5, 5.41) is 1.99. The van der Waals surface area contributed by atoms with Crippen LogP contribution in [0.3, 0.4) is 0 Å². The molecule has 2 aromatic carbocycles. The molecule has 4 heteroatoms. The number of hydrogen-bond acceptors (Lipinski definition) is 4. The van der Waals surface area contributed by atoms with Crippen LogP contribution in [0.4, 0.5) is 0 Å². The fourth-order valence-corrected chi connectivity index (χ4v) is 3.08. The third-order valence-electron chi connectivity index (χ3n) is 4.38. The second kappa shape index (κ2) is 6.06. The smallest absolute Gasteiger partial charge is 0.161 e. The van der Waals surface area contributed by atoms with Gasteiger partial charge in [-0.3, -0.25) is 4.98 Å². The molecule has 124 valence electrons. The number of methoxy groups -OCH3 is 2. The average molecular weight is 330 g/mol. The first-order valence-electron chi connectivity index (χ1n) is 8.09. The lowest BCUT2D eigenvalue weighted by Crippen LogP contribution is -1.95. The van der Waals surface area contributed by atoms with Crippen LogP contribution < -0.4 is 9.47 Å². The van der Waals surface area contributed by atoms with Gasteiger partial charge in [0.2, 0.25) is 0 Å². The predicted octanol–water partition coefficient (Wildman–Crippen LogP) is 4.78. The maximum atomic E-state index is 5.49. The van der Waals surface area contributed by atoms with Gasteiger partial charge in [-0.1, -0.05) is 29.8 Å². The topological polar surface area (TPSA) is 44.2 Å². The molecular weight excluding hydrogens is 312 g/mol. The van der Waals surface area contributed by atoms with Crippen molar-refractivity contribution in [2.75, 3.05) is 14.2 Å². The summed E-state index contributed by atoms with van der Waals surface area (Å²) in [6, 6.07) is 16.2. The molecule has 25 heavy (non-hydrogen) atoms. The van der Waals surface area contributed by atoms with Crippen LogP contribution in [0.5, 0.6) is 11.5 Å². The summed E-state index contributed by atoms with van der Waals surface area (Å²) in [6.07, 6.45) is 1.78. The van der Waals surface area contributed by atoms with Crippen molar-refractivity contribution in [1.82, 2.24) is 9.97 Å². The van der Waals surface area contributed by atoms with Crippen LogP contribution in [-0.4, -0.2) is 24.2 Å². The van der Waals surface area contributed by atoms with E-state index in [2.05, 4.69) is 36.2 Å². The highest BCUT2D eigenvalue weighted by Crippen LogP contribution is 2.38. The lowest BCUT2D eigenvalue weighted by atomic mass is 10.0. The molecule has 0 saturated carbocycles. The second-order valence-electron chi connectivity index (χ2n) is 5.95. The Hall–Kier alpha value is -3.14. The lowest BCUT2D eigenvalue weighted by molar-refractivity contribution is 0.356. The van der Waals surface area contributed by atoms with Crippen LogP contribution in [0.15, 0.2) is 54.7 Å². The largest absolute Gasteiger partial charge is 0.493 e. The van der Waals surface area contributed by atoms with Crippen molar-refractivity contribution in [1.29, 1.82) is 0 Å². The summed E-state index contributed by atoms with van der Waals surface area (Å²) in [7, 11) is 3.28. The van der Waals surface area contributed by atoms with E-state index < -0.39 is 0 Å². The fraction of sp³-hybridized carbons (Fsp3) is 0.143. The molecule has 4 aromatic rings. The van der Waals surface area contributed by atoms with Crippen molar-refractivity contribution in [2.45, 2.75) is 6.92 Å². The maximum absolute atomic E-state index is 5.49. The van der Waals surface area contributed by atoms with E-state index in [0.29, 0.717) is 11.5 Å². The van der Waals surface area contributed by atoms with Gasteiger partial charge in [0.25, 0.3) is 0 Å². The highest BCUT2D eigenvalue weighted by molar-refractivity contribution is 6.10. The number of aromatic nitrogens is 2. The SMILES string of the molecule is COc1cc2c(-c3ccc(C)cc3)nc3cccnc3c2cc1OC. The molecule has 0 N–H and O–H groups in total. The Kier molecular flexibility index (Phi) is 3.73. The van der Waals surface area contributed by atoms with E-state index in [0.717, 1.165) is 33.1 Å². The van der Waals surface area contributed by atoms with Gasteiger partial charge in [-0.15, -0.1) is 0 Å². The van der Waals surface area contributed by atoms with Gasteiger partial charge in [-0.2, -0.15) is 0 Å². The summed E-state index contributed by atoms with van der Waals surface area (Å²) in [5.41, 5.74) is 4.91. The first kappa shape index (κ1) is 15.4. The van der Waals surface area contributed by atoms with Crippen LogP contribution in [0, 0.1) is 6.92 Å². The summed E-state index contributed by atoms with van der Waals surface area (Å²) < 4.78 is 11.0. The molecule has 0 aliphatic rings. The Bertz CT molecular complexity index is 1070. The molecule has 0 aliphatic heterocycles. The molecule has 0 atom stereocenters. The van der Waals surface area contributed by atoms with Gasteiger partial charge in [-0.25, -0.2) is 4.98 Å². The van der Waals surface area contributed by atoms with Crippen LogP contribution >= 0.6 is 0 Å². The average Bonchev–Trinajstić information content (AvgIpc) is 2.67. The van der Waals surface area contributed by atoms with Gasteiger partial charge in [0, 0.05) is 22.5 Å². The first-order chi connectivity index (χ1) is 12.2. The van der Waals surface area contributed by atoms with Crippen molar-refractivity contribution in [3.8, 4) is 22.8 Å². The van der Waals surface area contributed by atoms with Gasteiger partial charge in [0.15, 0.2) is 11.5 Å². The first-order valence-corrected chi connectivity index (χ1v) is 8.09. The lowest BCUT2D eigenvalue weighted by Gasteiger charge is -2.13. The summed E-state index contributed by atoms with van der Waals surface area (Å²) >= 11 is 0. The van der Waals surface area contributed by atoms with Crippen molar-refractivity contribution in [3.05, 3.63) is 60.3 Å². The molecule has 4 nitrogen and oxygen atoms in total. The molecule has 2 aromatic heterocycles. The van der Waals surface area contributed by atoms with Gasteiger partial charge in [0.05, 0.1) is 30.9 Å². The van der Waals surface area contributed by atoms with E-state index in [9.17, 15) is 0 Å². The summed E-state index contributed by atoms with van der Waals surface area (Å²) in [4.78, 5) is 9.41. The highest BCUT2D eigenvalue weighted by atomic mass is 16.5. The molecule has 0 unspecified atom stereocenters. The Morgan fingerprint density at radius 2 is 1.52 bits per heavy atom. The Morgan fingerprint density at radius 3 is 2.20 bits per heavy atom. The normalized spacial score (nSPS) is 11.0. The Morgan fingerprint density at radius 1 is 0.840 bits per heavy atom. The second-order valence-corrected chi connectivity index (χ2v) is 5.95. The number of rotatable bonds is 3. The molecule has 4 rings (SSSR count). The number of aryl methyl sites for hydroxylation is 1. The molecule has 0 saturated heterocycles. The number of hydrogen-bond donors (Lipinski definition) is 0. The van der Waals surface area contributed by atoms with Gasteiger partial charge >= 0.3 is 0 Å². The summed E-state index contributed by atoms with van der Waals surface area (Å²) in [5.74, 6) is 1.36. The molecule has 0 radical (unpaired) electrons. The van der Waals surface area contributed by atoms with E-state index in [4.69, 9.17) is 14.5 Å². The molecule has 0 amide bonds. The van der Waals surface area contributed by atoms with Gasteiger partial charge in [0.1, 0.15) is 0 Å². The van der Waals surface area contributed by atoms with Crippen molar-refractivity contribution < 1.29 is 9.47 Å². The molecular formula is C21H18N2O2. The van der Waals surface area contributed by atoms with E-state index in [1.54, 1.807) is 20.4 Å². The van der Waals surface area contributed by atoms with Crippen LogP contribution in [-0.2, 0) is 0 Å². The van der Waals surface area contributed by atoms with E-state index in [1.165, 1.54) is 5.56 Å². The molecule has 0 aliphatic carbocycles. The number of pyridine rings is 2. The molecule has 2 heterocycles. The molecule has 0 fully saturated rings. The number of fused-ring (bicyclic) bond motifs is 3. The zero-order valence-electron chi connectivity index (χ0n) is 14.4. The Labute approximate surface area is 146 Å². The number of benzene rings is 2. The monoisotopic (exact) mass is 330 g/mol. The minimum atomic E-state index is 0.681. The molecule has 0 spiro atoms. The van der Waals surface area contributed by atoms with E-state index >= 15 is 0 Å². The summed E-state index contributed by atoms with van der Waals surface area (Å²) in [6.45, 7) is 2.08. The minimum absolute atomic E-state index is 0.681. The van der Waals surface area contributed by atoms with Gasteiger partial charge < -0.3 is 9.47 Å². The van der Waals surface area contributed by atoms with Crippen molar-refractivity contribution >= 4 is 21.8 Å². The van der Waals surface area contributed by atoms with Crippen molar-refractivity contribution in [2.24, 2.45) is 0 Å². The fourth-order valence-electron chi connectivity index (χ4n) is 3.08. The van der Waals surface area contributed by atoms with Gasteiger partial charge in [-0.05, 0) is 31.2 Å². The Balaban J connectivity index is 2.14. The highest BCUT2D eigenvalue weighted by Gasteiger charge is 2.15. The van der Waals surface area contributed by atoms with Crippen LogP contribution in [0.2, 0.25) is 0 Å². The van der Waals surface area contributed by atoms with Crippen LogP contribution in [0.25, 0.3) is 33.1 Å². The zero-order chi connectivity index (χ0) is 17.4. The van der Waals surface area contributed by atoms with Crippen LogP contribution in [0.1, 0.15) is 5.56 Å².